The van der Waals surface area contributed by atoms with E-state index in [9.17, 15) is 0 Å². The molecular weight excluding hydrogens is 360 g/mol. The molecule has 147 valence electrons. The van der Waals surface area contributed by atoms with E-state index in [4.69, 9.17) is 4.98 Å². The lowest BCUT2D eigenvalue weighted by molar-refractivity contribution is 0.513. The third-order valence-corrected chi connectivity index (χ3v) is 6.15. The first-order valence-corrected chi connectivity index (χ1v) is 10.1. The SMILES string of the molecule is Cc1cc2nc([C@@H]3[C@@H](C)CCN3c3c(-n4nccn4)[c]ccc3C)[nH]c2cc1C. The van der Waals surface area contributed by atoms with Crippen molar-refractivity contribution in [2.75, 3.05) is 11.4 Å². The van der Waals surface area contributed by atoms with Gasteiger partial charge in [0, 0.05) is 12.6 Å². The highest BCUT2D eigenvalue weighted by molar-refractivity contribution is 5.77. The number of aromatic amines is 1. The van der Waals surface area contributed by atoms with Crippen LogP contribution in [-0.4, -0.2) is 31.5 Å². The van der Waals surface area contributed by atoms with Gasteiger partial charge in [-0.3, -0.25) is 0 Å². The van der Waals surface area contributed by atoms with Crippen molar-refractivity contribution in [3.63, 3.8) is 0 Å². The van der Waals surface area contributed by atoms with E-state index in [1.807, 2.05) is 6.07 Å². The summed E-state index contributed by atoms with van der Waals surface area (Å²) in [6.07, 6.45) is 4.52. The van der Waals surface area contributed by atoms with Gasteiger partial charge in [0.2, 0.25) is 0 Å². The van der Waals surface area contributed by atoms with Crippen LogP contribution in [0.25, 0.3) is 16.7 Å². The van der Waals surface area contributed by atoms with Crippen molar-refractivity contribution < 1.29 is 0 Å². The van der Waals surface area contributed by atoms with E-state index in [0.29, 0.717) is 5.92 Å². The molecule has 1 aliphatic heterocycles. The molecule has 6 heteroatoms. The highest BCUT2D eigenvalue weighted by Crippen LogP contribution is 2.43. The molecule has 29 heavy (non-hydrogen) atoms. The zero-order chi connectivity index (χ0) is 20.1. The summed E-state index contributed by atoms with van der Waals surface area (Å²) < 4.78 is 0. The Morgan fingerprint density at radius 1 is 1.07 bits per heavy atom. The van der Waals surface area contributed by atoms with E-state index in [2.05, 4.69) is 72.0 Å². The van der Waals surface area contributed by atoms with E-state index >= 15 is 0 Å². The fraction of sp³-hybridized carbons (Fsp3) is 0.348. The van der Waals surface area contributed by atoms with E-state index in [-0.39, 0.29) is 6.04 Å². The standard InChI is InChI=1S/C23H25N6/c1-14-6-5-7-20(29-24-9-10-25-29)21(14)28-11-8-15(2)22(28)23-26-18-12-16(3)17(4)13-19(18)27-23/h5-6,9-10,12-13,15,22H,8,11H2,1-4H3,(H,26,27)/t15-,22-/m0/s1. The van der Waals surface area contributed by atoms with Crippen molar-refractivity contribution in [1.82, 2.24) is 25.0 Å². The van der Waals surface area contributed by atoms with Crippen LogP contribution in [-0.2, 0) is 0 Å². The van der Waals surface area contributed by atoms with Crippen LogP contribution in [0.1, 0.15) is 41.9 Å². The number of imidazole rings is 1. The molecule has 1 radical (unpaired) electrons. The lowest BCUT2D eigenvalue weighted by Gasteiger charge is -2.30. The second kappa shape index (κ2) is 6.72. The van der Waals surface area contributed by atoms with Gasteiger partial charge in [0.25, 0.3) is 0 Å². The number of rotatable bonds is 3. The molecule has 1 aliphatic rings. The largest absolute Gasteiger partial charge is 0.359 e. The highest BCUT2D eigenvalue weighted by atomic mass is 15.5. The molecule has 0 bridgehead atoms. The summed E-state index contributed by atoms with van der Waals surface area (Å²) in [5.74, 6) is 1.51. The molecule has 2 aromatic heterocycles. The van der Waals surface area contributed by atoms with Crippen LogP contribution in [0.3, 0.4) is 0 Å². The molecule has 0 saturated carbocycles. The third-order valence-electron chi connectivity index (χ3n) is 6.15. The molecule has 4 aromatic rings. The molecule has 1 saturated heterocycles. The van der Waals surface area contributed by atoms with E-state index in [1.165, 1.54) is 16.7 Å². The maximum Gasteiger partial charge on any atom is 0.130 e. The number of nitrogens with one attached hydrogen (secondary N) is 1. The molecular formula is C23H25N6. The van der Waals surface area contributed by atoms with Crippen molar-refractivity contribution in [3.8, 4) is 5.69 Å². The topological polar surface area (TPSA) is 62.6 Å². The number of hydrogen-bond acceptors (Lipinski definition) is 4. The normalized spacial score (nSPS) is 19.4. The number of fused-ring (bicyclic) bond motifs is 1. The van der Waals surface area contributed by atoms with E-state index in [1.54, 1.807) is 17.2 Å². The lowest BCUT2D eigenvalue weighted by Crippen LogP contribution is -2.27. The quantitative estimate of drug-likeness (QED) is 0.566. The maximum atomic E-state index is 5.00. The average Bonchev–Trinajstić information content (AvgIpc) is 3.42. The predicted molar refractivity (Wildman–Crippen MR) is 114 cm³/mol. The van der Waals surface area contributed by atoms with Crippen LogP contribution < -0.4 is 4.90 Å². The molecule has 1 fully saturated rings. The number of nitrogens with zero attached hydrogens (tertiary/aromatic N) is 5. The predicted octanol–water partition coefficient (Wildman–Crippen LogP) is 4.46. The van der Waals surface area contributed by atoms with Crippen molar-refractivity contribution in [2.45, 2.75) is 40.2 Å². The number of aryl methyl sites for hydroxylation is 3. The first kappa shape index (κ1) is 17.9. The van der Waals surface area contributed by atoms with Crippen LogP contribution in [0, 0.1) is 32.8 Å². The second-order valence-electron chi connectivity index (χ2n) is 8.16. The fourth-order valence-corrected chi connectivity index (χ4v) is 4.47. The monoisotopic (exact) mass is 385 g/mol. The van der Waals surface area contributed by atoms with Crippen LogP contribution in [0.5, 0.6) is 0 Å². The third kappa shape index (κ3) is 2.90. The molecule has 3 heterocycles. The smallest absolute Gasteiger partial charge is 0.130 e. The number of H-pyrrole nitrogens is 1. The Bertz CT molecular complexity index is 1130. The summed E-state index contributed by atoms with van der Waals surface area (Å²) in [5.41, 5.74) is 7.90. The Balaban J connectivity index is 1.64. The first-order valence-electron chi connectivity index (χ1n) is 10.1. The maximum absolute atomic E-state index is 5.00. The minimum atomic E-state index is 0.173. The molecule has 2 aromatic carbocycles. The van der Waals surface area contributed by atoms with Crippen molar-refractivity contribution in [1.29, 1.82) is 0 Å². The van der Waals surface area contributed by atoms with Gasteiger partial charge in [-0.15, -0.1) is 4.80 Å². The molecule has 0 unspecified atom stereocenters. The summed E-state index contributed by atoms with van der Waals surface area (Å²) in [6.45, 7) is 9.70. The van der Waals surface area contributed by atoms with Crippen LogP contribution in [0.2, 0.25) is 0 Å². The Kier molecular flexibility index (Phi) is 4.15. The fourth-order valence-electron chi connectivity index (χ4n) is 4.47. The Morgan fingerprint density at radius 3 is 2.62 bits per heavy atom. The van der Waals surface area contributed by atoms with Gasteiger partial charge in [-0.05, 0) is 61.9 Å². The van der Waals surface area contributed by atoms with Gasteiger partial charge in [0.05, 0.1) is 35.2 Å². The van der Waals surface area contributed by atoms with Crippen LogP contribution >= 0.6 is 0 Å². The second-order valence-corrected chi connectivity index (χ2v) is 8.16. The van der Waals surface area contributed by atoms with Gasteiger partial charge >= 0.3 is 0 Å². The number of aromatic nitrogens is 5. The van der Waals surface area contributed by atoms with Gasteiger partial charge < -0.3 is 9.88 Å². The minimum Gasteiger partial charge on any atom is -0.359 e. The molecule has 5 rings (SSSR count). The zero-order valence-corrected chi connectivity index (χ0v) is 17.3. The highest BCUT2D eigenvalue weighted by Gasteiger charge is 2.37. The zero-order valence-electron chi connectivity index (χ0n) is 17.3. The van der Waals surface area contributed by atoms with Crippen molar-refractivity contribution >= 4 is 16.7 Å². The summed E-state index contributed by atoms with van der Waals surface area (Å²) in [5, 5.41) is 8.71. The van der Waals surface area contributed by atoms with Crippen LogP contribution in [0.4, 0.5) is 5.69 Å². The average molecular weight is 385 g/mol. The summed E-state index contributed by atoms with van der Waals surface area (Å²) in [7, 11) is 0. The molecule has 0 spiro atoms. The molecule has 2 atom stereocenters. The Labute approximate surface area is 170 Å². The van der Waals surface area contributed by atoms with Crippen LogP contribution in [0.15, 0.2) is 36.7 Å². The van der Waals surface area contributed by atoms with Gasteiger partial charge in [0.15, 0.2) is 0 Å². The summed E-state index contributed by atoms with van der Waals surface area (Å²) in [4.78, 5) is 12.7. The van der Waals surface area contributed by atoms with Gasteiger partial charge in [-0.25, -0.2) is 4.98 Å². The van der Waals surface area contributed by atoms with Gasteiger partial charge in [-0.2, -0.15) is 10.2 Å². The summed E-state index contributed by atoms with van der Waals surface area (Å²) in [6, 6.07) is 11.9. The molecule has 1 N–H and O–H groups in total. The Hall–Kier alpha value is -3.15. The lowest BCUT2D eigenvalue weighted by atomic mass is 10.0. The summed E-state index contributed by atoms with van der Waals surface area (Å²) >= 11 is 0. The van der Waals surface area contributed by atoms with Gasteiger partial charge in [0.1, 0.15) is 11.5 Å². The molecule has 0 amide bonds. The van der Waals surface area contributed by atoms with E-state index < -0.39 is 0 Å². The van der Waals surface area contributed by atoms with Gasteiger partial charge in [-0.1, -0.05) is 19.1 Å². The van der Waals surface area contributed by atoms with Crippen molar-refractivity contribution in [2.24, 2.45) is 5.92 Å². The number of benzene rings is 2. The number of hydrogen-bond donors (Lipinski definition) is 1. The molecule has 6 nitrogen and oxygen atoms in total. The first-order chi connectivity index (χ1) is 14.0. The Morgan fingerprint density at radius 2 is 1.83 bits per heavy atom. The van der Waals surface area contributed by atoms with E-state index in [0.717, 1.165) is 41.2 Å². The number of anilines is 1. The van der Waals surface area contributed by atoms with Crippen molar-refractivity contribution in [3.05, 3.63) is 65.2 Å². The minimum absolute atomic E-state index is 0.173. The molecule has 0 aliphatic carbocycles.